The quantitative estimate of drug-likeness (QED) is 0.826. The van der Waals surface area contributed by atoms with E-state index in [0.29, 0.717) is 5.69 Å². The molecule has 1 fully saturated rings. The molecule has 1 aliphatic rings. The summed E-state index contributed by atoms with van der Waals surface area (Å²) < 4.78 is 31.1. The SMILES string of the molecule is COC(C)c1nc(CNC(=O)C2CC(F)(F)CN2)cs1.Cl.Cl. The van der Waals surface area contributed by atoms with E-state index in [2.05, 4.69) is 15.6 Å². The fraction of sp³-hybridized carbons (Fsp3) is 0.667. The molecule has 1 saturated heterocycles. The van der Waals surface area contributed by atoms with Crippen LogP contribution in [0.5, 0.6) is 0 Å². The molecular weight excluding hydrogens is 359 g/mol. The van der Waals surface area contributed by atoms with Crippen LogP contribution in [-0.4, -0.2) is 36.5 Å². The Balaban J connectivity index is 0.00000220. The standard InChI is InChI=1S/C12H17F2N3O2S.2ClH/c1-7(19-2)11-17-8(5-20-11)4-15-10(18)9-3-12(13,14)6-16-9;;/h5,7,9,16H,3-4,6H2,1-2H3,(H,15,18);2*1H. The number of carbonyl (C=O) groups is 1. The molecule has 0 aromatic carbocycles. The summed E-state index contributed by atoms with van der Waals surface area (Å²) >= 11 is 1.44. The second kappa shape index (κ2) is 8.93. The topological polar surface area (TPSA) is 63.2 Å². The van der Waals surface area contributed by atoms with E-state index in [1.165, 1.54) is 11.3 Å². The minimum Gasteiger partial charge on any atom is -0.375 e. The first-order chi connectivity index (χ1) is 9.41. The summed E-state index contributed by atoms with van der Waals surface area (Å²) in [5, 5.41) is 7.78. The number of thiazole rings is 1. The summed E-state index contributed by atoms with van der Waals surface area (Å²) in [5.74, 6) is -3.22. The van der Waals surface area contributed by atoms with Gasteiger partial charge >= 0.3 is 0 Å². The fourth-order valence-electron chi connectivity index (χ4n) is 1.89. The maximum atomic E-state index is 13.0. The van der Waals surface area contributed by atoms with Crippen molar-refractivity contribution in [2.24, 2.45) is 0 Å². The number of nitrogens with one attached hydrogen (secondary N) is 2. The Hall–Kier alpha value is -0.540. The van der Waals surface area contributed by atoms with Gasteiger partial charge in [0.2, 0.25) is 5.91 Å². The number of nitrogens with zero attached hydrogens (tertiary/aromatic N) is 1. The lowest BCUT2D eigenvalue weighted by Gasteiger charge is -2.10. The van der Waals surface area contributed by atoms with Gasteiger partial charge in [-0.3, -0.25) is 10.1 Å². The molecule has 2 unspecified atom stereocenters. The second-order valence-electron chi connectivity index (χ2n) is 4.77. The van der Waals surface area contributed by atoms with Crippen LogP contribution in [0.4, 0.5) is 8.78 Å². The molecule has 0 aliphatic carbocycles. The van der Waals surface area contributed by atoms with E-state index in [-0.39, 0.29) is 37.5 Å². The highest BCUT2D eigenvalue weighted by atomic mass is 35.5. The predicted octanol–water partition coefficient (Wildman–Crippen LogP) is 2.31. The van der Waals surface area contributed by atoms with Crippen molar-refractivity contribution in [1.29, 1.82) is 0 Å². The Morgan fingerprint density at radius 1 is 1.64 bits per heavy atom. The molecule has 5 nitrogen and oxygen atoms in total. The van der Waals surface area contributed by atoms with Crippen molar-refractivity contribution in [2.75, 3.05) is 13.7 Å². The molecule has 128 valence electrons. The molecule has 2 N–H and O–H groups in total. The van der Waals surface area contributed by atoms with Gasteiger partial charge in [-0.2, -0.15) is 0 Å². The molecule has 10 heteroatoms. The van der Waals surface area contributed by atoms with Crippen molar-refractivity contribution in [3.63, 3.8) is 0 Å². The van der Waals surface area contributed by atoms with Crippen LogP contribution in [0, 0.1) is 0 Å². The van der Waals surface area contributed by atoms with Gasteiger partial charge in [0, 0.05) is 18.9 Å². The molecule has 1 aliphatic heterocycles. The van der Waals surface area contributed by atoms with Gasteiger partial charge in [-0.05, 0) is 6.92 Å². The number of alkyl halides is 2. The number of hydrogen-bond acceptors (Lipinski definition) is 5. The number of carbonyl (C=O) groups excluding carboxylic acids is 1. The van der Waals surface area contributed by atoms with E-state index in [0.717, 1.165) is 5.01 Å². The van der Waals surface area contributed by atoms with E-state index < -0.39 is 30.8 Å². The molecule has 1 aromatic heterocycles. The lowest BCUT2D eigenvalue weighted by molar-refractivity contribution is -0.123. The minimum atomic E-state index is -2.80. The Bertz CT molecular complexity index is 491. The average Bonchev–Trinajstić information content (AvgIpc) is 3.01. The van der Waals surface area contributed by atoms with Gasteiger partial charge in [0.15, 0.2) is 0 Å². The van der Waals surface area contributed by atoms with Crippen LogP contribution >= 0.6 is 36.2 Å². The van der Waals surface area contributed by atoms with Crippen molar-refractivity contribution in [2.45, 2.75) is 38.0 Å². The highest BCUT2D eigenvalue weighted by Gasteiger charge is 2.42. The summed E-state index contributed by atoms with van der Waals surface area (Å²) in [7, 11) is 1.60. The molecule has 1 aromatic rings. The lowest BCUT2D eigenvalue weighted by atomic mass is 10.2. The third-order valence-corrected chi connectivity index (χ3v) is 4.20. The Labute approximate surface area is 144 Å². The van der Waals surface area contributed by atoms with Crippen LogP contribution in [0.2, 0.25) is 0 Å². The molecule has 2 atom stereocenters. The first-order valence-corrected chi connectivity index (χ1v) is 7.15. The first kappa shape index (κ1) is 21.5. The van der Waals surface area contributed by atoms with Gasteiger partial charge in [-0.25, -0.2) is 13.8 Å². The van der Waals surface area contributed by atoms with E-state index >= 15 is 0 Å². The Morgan fingerprint density at radius 3 is 2.86 bits per heavy atom. The largest absolute Gasteiger partial charge is 0.375 e. The van der Waals surface area contributed by atoms with Gasteiger partial charge in [0.25, 0.3) is 5.92 Å². The number of hydrogen-bond donors (Lipinski definition) is 2. The number of methoxy groups -OCH3 is 1. The van der Waals surface area contributed by atoms with E-state index in [1.807, 2.05) is 12.3 Å². The van der Waals surface area contributed by atoms with E-state index in [1.54, 1.807) is 7.11 Å². The maximum Gasteiger partial charge on any atom is 0.262 e. The summed E-state index contributed by atoms with van der Waals surface area (Å²) in [6, 6.07) is -0.832. The van der Waals surface area contributed by atoms with E-state index in [9.17, 15) is 13.6 Å². The van der Waals surface area contributed by atoms with Gasteiger partial charge in [0.1, 0.15) is 11.1 Å². The summed E-state index contributed by atoms with van der Waals surface area (Å²) in [6.45, 7) is 1.67. The third-order valence-electron chi connectivity index (χ3n) is 3.14. The van der Waals surface area contributed by atoms with Crippen molar-refractivity contribution >= 4 is 42.1 Å². The molecule has 0 bridgehead atoms. The first-order valence-electron chi connectivity index (χ1n) is 6.27. The molecule has 0 spiro atoms. The molecule has 2 heterocycles. The molecule has 0 radical (unpaired) electrons. The smallest absolute Gasteiger partial charge is 0.262 e. The van der Waals surface area contributed by atoms with Crippen LogP contribution in [-0.2, 0) is 16.1 Å². The lowest BCUT2D eigenvalue weighted by Crippen LogP contribution is -2.40. The van der Waals surface area contributed by atoms with Gasteiger partial charge in [-0.15, -0.1) is 36.2 Å². The third kappa shape index (κ3) is 5.58. The number of amides is 1. The fourth-order valence-corrected chi connectivity index (χ4v) is 2.74. The number of rotatable bonds is 5. The predicted molar refractivity (Wildman–Crippen MR) is 85.2 cm³/mol. The molecular formula is C12H19Cl2F2N3O2S. The van der Waals surface area contributed by atoms with Crippen LogP contribution < -0.4 is 10.6 Å². The molecule has 22 heavy (non-hydrogen) atoms. The van der Waals surface area contributed by atoms with Gasteiger partial charge < -0.3 is 10.1 Å². The monoisotopic (exact) mass is 377 g/mol. The van der Waals surface area contributed by atoms with Gasteiger partial charge in [-0.1, -0.05) is 0 Å². The Morgan fingerprint density at radius 2 is 2.32 bits per heavy atom. The Kier molecular flexibility index (Phi) is 8.71. The van der Waals surface area contributed by atoms with Crippen LogP contribution in [0.3, 0.4) is 0 Å². The van der Waals surface area contributed by atoms with Crippen LogP contribution in [0.1, 0.15) is 30.2 Å². The average molecular weight is 378 g/mol. The second-order valence-corrected chi connectivity index (χ2v) is 5.66. The maximum absolute atomic E-state index is 13.0. The summed E-state index contributed by atoms with van der Waals surface area (Å²) in [5.41, 5.74) is 0.701. The highest BCUT2D eigenvalue weighted by molar-refractivity contribution is 7.09. The molecule has 1 amide bonds. The number of aromatic nitrogens is 1. The van der Waals surface area contributed by atoms with Crippen molar-refractivity contribution < 1.29 is 18.3 Å². The highest BCUT2D eigenvalue weighted by Crippen LogP contribution is 2.25. The summed E-state index contributed by atoms with van der Waals surface area (Å²) in [6.07, 6.45) is -0.554. The van der Waals surface area contributed by atoms with E-state index in [4.69, 9.17) is 4.74 Å². The zero-order chi connectivity index (χ0) is 14.8. The van der Waals surface area contributed by atoms with Crippen molar-refractivity contribution in [3.05, 3.63) is 16.1 Å². The zero-order valence-corrected chi connectivity index (χ0v) is 14.5. The van der Waals surface area contributed by atoms with Crippen molar-refractivity contribution in [1.82, 2.24) is 15.6 Å². The molecule has 2 rings (SSSR count). The minimum absolute atomic E-state index is 0. The normalized spacial score (nSPS) is 20.6. The number of ether oxygens (including phenoxy) is 1. The zero-order valence-electron chi connectivity index (χ0n) is 12.1. The van der Waals surface area contributed by atoms with Gasteiger partial charge in [0.05, 0.1) is 24.8 Å². The van der Waals surface area contributed by atoms with Crippen LogP contribution in [0.25, 0.3) is 0 Å². The molecule has 0 saturated carbocycles. The van der Waals surface area contributed by atoms with Crippen LogP contribution in [0.15, 0.2) is 5.38 Å². The number of halogens is 4. The summed E-state index contributed by atoms with van der Waals surface area (Å²) in [4.78, 5) is 16.1. The van der Waals surface area contributed by atoms with Crippen molar-refractivity contribution in [3.8, 4) is 0 Å².